The van der Waals surface area contributed by atoms with E-state index in [0.717, 1.165) is 44.9 Å². The number of allylic oxidation sites excluding steroid dienone is 2. The molecule has 368 valence electrons. The zero-order valence-electron chi connectivity index (χ0n) is 41.6. The maximum Gasteiger partial charge on any atom is 0.472 e. The quantitative estimate of drug-likeness (QED) is 0.0211. The van der Waals surface area contributed by atoms with E-state index in [2.05, 4.69) is 26.0 Å². The molecule has 0 aliphatic carbocycles. The highest BCUT2D eigenvalue weighted by molar-refractivity contribution is 7.47. The van der Waals surface area contributed by atoms with Crippen molar-refractivity contribution in [2.24, 2.45) is 0 Å². The Morgan fingerprint density at radius 2 is 0.823 bits per heavy atom. The van der Waals surface area contributed by atoms with Crippen LogP contribution < -0.4 is 0 Å². The van der Waals surface area contributed by atoms with Crippen molar-refractivity contribution in [3.05, 3.63) is 12.2 Å². The molecule has 0 rings (SSSR count). The SMILES string of the molecule is CCCCCCCC/C=C\CCCCCCCCCC(=O)OC(COC(=O)CCCCCCCCCCCCCCCCCCCCCCC)COP(=O)(O)OCC[N+](C)(C)C. The number of unbranched alkanes of at least 4 members (excludes halogenated alkanes) is 33. The maximum atomic E-state index is 12.7. The van der Waals surface area contributed by atoms with Crippen LogP contribution in [0.15, 0.2) is 12.2 Å². The number of carbonyl (C=O) groups excluding carboxylic acids is 2. The van der Waals surface area contributed by atoms with Gasteiger partial charge in [0.1, 0.15) is 19.8 Å². The molecule has 0 spiro atoms. The van der Waals surface area contributed by atoms with Gasteiger partial charge in [0.15, 0.2) is 6.10 Å². The van der Waals surface area contributed by atoms with E-state index in [1.54, 1.807) is 0 Å². The lowest BCUT2D eigenvalue weighted by Gasteiger charge is -2.24. The molecule has 0 aromatic heterocycles. The molecule has 0 saturated heterocycles. The summed E-state index contributed by atoms with van der Waals surface area (Å²) in [6.07, 6.45) is 49.8. The maximum absolute atomic E-state index is 12.7. The molecule has 62 heavy (non-hydrogen) atoms. The van der Waals surface area contributed by atoms with Gasteiger partial charge in [-0.15, -0.1) is 0 Å². The first-order chi connectivity index (χ1) is 30.0. The van der Waals surface area contributed by atoms with Gasteiger partial charge in [-0.1, -0.05) is 219 Å². The Morgan fingerprint density at radius 3 is 1.19 bits per heavy atom. The van der Waals surface area contributed by atoms with Gasteiger partial charge in [0.05, 0.1) is 27.7 Å². The van der Waals surface area contributed by atoms with E-state index < -0.39 is 26.5 Å². The molecule has 0 saturated carbocycles. The van der Waals surface area contributed by atoms with Gasteiger partial charge in [-0.25, -0.2) is 4.57 Å². The summed E-state index contributed by atoms with van der Waals surface area (Å²) in [6, 6.07) is 0. The normalized spacial score (nSPS) is 13.5. The Balaban J connectivity index is 4.19. The first-order valence-electron chi connectivity index (χ1n) is 26.4. The predicted octanol–water partition coefficient (Wildman–Crippen LogP) is 15.7. The summed E-state index contributed by atoms with van der Waals surface area (Å²) < 4.78 is 34.5. The molecule has 1 N–H and O–H groups in total. The predicted molar refractivity (Wildman–Crippen MR) is 261 cm³/mol. The lowest BCUT2D eigenvalue weighted by molar-refractivity contribution is -0.870. The summed E-state index contributed by atoms with van der Waals surface area (Å²) in [7, 11) is 1.49. The Hall–Kier alpha value is -1.25. The third-order valence-corrected chi connectivity index (χ3v) is 12.8. The number of carbonyl (C=O) groups is 2. The fourth-order valence-electron chi connectivity index (χ4n) is 7.66. The third kappa shape index (κ3) is 48.2. The minimum absolute atomic E-state index is 0.0343. The van der Waals surface area contributed by atoms with Crippen molar-refractivity contribution in [1.82, 2.24) is 0 Å². The van der Waals surface area contributed by atoms with Crippen LogP contribution in [0.3, 0.4) is 0 Å². The molecule has 0 aliphatic heterocycles. The second-order valence-corrected chi connectivity index (χ2v) is 20.7. The van der Waals surface area contributed by atoms with E-state index in [1.807, 2.05) is 21.1 Å². The molecule has 0 heterocycles. The lowest BCUT2D eigenvalue weighted by atomic mass is 10.0. The van der Waals surface area contributed by atoms with Crippen LogP contribution in [0.5, 0.6) is 0 Å². The number of hydrogen-bond donors (Lipinski definition) is 1. The summed E-state index contributed by atoms with van der Waals surface area (Å²) in [4.78, 5) is 35.6. The van der Waals surface area contributed by atoms with Crippen LogP contribution in [0.1, 0.15) is 258 Å². The number of likely N-dealkylation sites (N-methyl/N-ethyl adjacent to an activating group) is 1. The third-order valence-electron chi connectivity index (χ3n) is 11.8. The van der Waals surface area contributed by atoms with Gasteiger partial charge in [0.25, 0.3) is 0 Å². The molecule has 0 bridgehead atoms. The summed E-state index contributed by atoms with van der Waals surface area (Å²) in [6.45, 7) is 4.47. The topological polar surface area (TPSA) is 108 Å². The van der Waals surface area contributed by atoms with Crippen LogP contribution in [0.4, 0.5) is 0 Å². The second-order valence-electron chi connectivity index (χ2n) is 19.3. The number of phosphoric ester groups is 1. The Kier molecular flexibility index (Phi) is 44.0. The van der Waals surface area contributed by atoms with Crippen LogP contribution in [-0.4, -0.2) is 74.9 Å². The molecule has 0 amide bonds. The minimum Gasteiger partial charge on any atom is -0.462 e. The van der Waals surface area contributed by atoms with E-state index in [0.29, 0.717) is 23.9 Å². The highest BCUT2D eigenvalue weighted by atomic mass is 31.2. The van der Waals surface area contributed by atoms with Gasteiger partial charge in [0.2, 0.25) is 0 Å². The number of nitrogens with zero attached hydrogens (tertiary/aromatic N) is 1. The van der Waals surface area contributed by atoms with Crippen molar-refractivity contribution in [1.29, 1.82) is 0 Å². The molecule has 2 unspecified atom stereocenters. The average Bonchev–Trinajstić information content (AvgIpc) is 3.23. The first-order valence-corrected chi connectivity index (χ1v) is 27.9. The van der Waals surface area contributed by atoms with E-state index in [-0.39, 0.29) is 25.6 Å². The standard InChI is InChI=1S/C52H102NO8P/c1-6-8-10-12-14-16-18-20-22-24-25-26-27-29-30-32-34-36-38-40-42-44-51(54)58-48-50(49-60-62(56,57)59-47-46-53(3,4)5)61-52(55)45-43-41-39-37-35-33-31-28-23-21-19-17-15-13-11-9-7-2/h21,23,50H,6-20,22,24-49H2,1-5H3/p+1/b23-21-. The Labute approximate surface area is 384 Å². The number of phosphoric acid groups is 1. The Bertz CT molecular complexity index is 1060. The zero-order chi connectivity index (χ0) is 45.7. The molecular weight excluding hydrogens is 798 g/mol. The summed E-state index contributed by atoms with van der Waals surface area (Å²) in [5.74, 6) is -0.787. The van der Waals surface area contributed by atoms with Gasteiger partial charge in [-0.05, 0) is 38.5 Å². The highest BCUT2D eigenvalue weighted by Gasteiger charge is 2.27. The van der Waals surface area contributed by atoms with Crippen molar-refractivity contribution in [2.75, 3.05) is 47.5 Å². The minimum atomic E-state index is -4.38. The van der Waals surface area contributed by atoms with E-state index >= 15 is 0 Å². The first kappa shape index (κ1) is 60.8. The number of ether oxygens (including phenoxy) is 2. The van der Waals surface area contributed by atoms with Gasteiger partial charge in [0, 0.05) is 12.8 Å². The van der Waals surface area contributed by atoms with Crippen LogP contribution >= 0.6 is 7.82 Å². The number of quaternary nitrogens is 1. The van der Waals surface area contributed by atoms with Crippen molar-refractivity contribution >= 4 is 19.8 Å². The van der Waals surface area contributed by atoms with Crippen molar-refractivity contribution in [3.63, 3.8) is 0 Å². The Morgan fingerprint density at radius 1 is 0.484 bits per heavy atom. The van der Waals surface area contributed by atoms with Crippen LogP contribution in [-0.2, 0) is 32.7 Å². The molecule has 0 aromatic carbocycles. The largest absolute Gasteiger partial charge is 0.472 e. The van der Waals surface area contributed by atoms with E-state index in [4.69, 9.17) is 18.5 Å². The van der Waals surface area contributed by atoms with Crippen molar-refractivity contribution < 1.29 is 42.1 Å². The molecule has 2 atom stereocenters. The zero-order valence-corrected chi connectivity index (χ0v) is 42.5. The van der Waals surface area contributed by atoms with E-state index in [9.17, 15) is 19.0 Å². The van der Waals surface area contributed by atoms with E-state index in [1.165, 1.54) is 180 Å². The van der Waals surface area contributed by atoms with Gasteiger partial charge >= 0.3 is 19.8 Å². The lowest BCUT2D eigenvalue weighted by Crippen LogP contribution is -2.37. The number of esters is 2. The monoisotopic (exact) mass is 901 g/mol. The molecule has 10 heteroatoms. The van der Waals surface area contributed by atoms with Crippen LogP contribution in [0.25, 0.3) is 0 Å². The molecule has 0 aromatic rings. The number of hydrogen-bond acceptors (Lipinski definition) is 7. The summed E-state index contributed by atoms with van der Waals surface area (Å²) >= 11 is 0. The molecule has 9 nitrogen and oxygen atoms in total. The molecule has 0 fully saturated rings. The summed E-state index contributed by atoms with van der Waals surface area (Å²) in [5.41, 5.74) is 0. The van der Waals surface area contributed by atoms with Gasteiger partial charge < -0.3 is 18.9 Å². The highest BCUT2D eigenvalue weighted by Crippen LogP contribution is 2.43. The average molecular weight is 901 g/mol. The fraction of sp³-hybridized carbons (Fsp3) is 0.923. The van der Waals surface area contributed by atoms with Crippen LogP contribution in [0.2, 0.25) is 0 Å². The summed E-state index contributed by atoms with van der Waals surface area (Å²) in [5, 5.41) is 0. The van der Waals surface area contributed by atoms with Crippen LogP contribution in [0, 0.1) is 0 Å². The fourth-order valence-corrected chi connectivity index (χ4v) is 8.40. The van der Waals surface area contributed by atoms with Gasteiger partial charge in [-0.3, -0.25) is 18.6 Å². The van der Waals surface area contributed by atoms with Crippen molar-refractivity contribution in [3.8, 4) is 0 Å². The van der Waals surface area contributed by atoms with Crippen molar-refractivity contribution in [2.45, 2.75) is 264 Å². The number of rotatable bonds is 49. The molecular formula is C52H103NO8P+. The molecule has 0 aliphatic rings. The molecule has 0 radical (unpaired) electrons. The van der Waals surface area contributed by atoms with Gasteiger partial charge in [-0.2, -0.15) is 0 Å². The second kappa shape index (κ2) is 44.9. The smallest absolute Gasteiger partial charge is 0.462 e.